The van der Waals surface area contributed by atoms with Gasteiger partial charge in [0, 0.05) is 24.3 Å². The fourth-order valence-electron chi connectivity index (χ4n) is 3.73. The number of carbonyl (C=O) groups is 1. The van der Waals surface area contributed by atoms with Gasteiger partial charge in [0.05, 0.1) is 6.54 Å². The molecule has 0 saturated carbocycles. The summed E-state index contributed by atoms with van der Waals surface area (Å²) in [4.78, 5) is 17.1. The zero-order chi connectivity index (χ0) is 14.8. The minimum absolute atomic E-state index is 0.216. The molecule has 1 saturated heterocycles. The number of hydrogen-bond acceptors (Lipinski definition) is 3. The number of likely N-dealkylation sites (tertiary alicyclic amines) is 1. The monoisotopic (exact) mass is 287 g/mol. The summed E-state index contributed by atoms with van der Waals surface area (Å²) in [6.45, 7) is 4.28. The van der Waals surface area contributed by atoms with Crippen molar-refractivity contribution in [3.05, 3.63) is 29.8 Å². The lowest BCUT2D eigenvalue weighted by Crippen LogP contribution is -2.50. The van der Waals surface area contributed by atoms with Crippen molar-refractivity contribution in [1.29, 1.82) is 0 Å². The Kier molecular flexibility index (Phi) is 4.27. The molecule has 0 bridgehead atoms. The van der Waals surface area contributed by atoms with Crippen molar-refractivity contribution in [3.8, 4) is 0 Å². The van der Waals surface area contributed by atoms with Crippen LogP contribution in [0.4, 0.5) is 5.69 Å². The van der Waals surface area contributed by atoms with E-state index >= 15 is 0 Å². The van der Waals surface area contributed by atoms with E-state index in [2.05, 4.69) is 30.0 Å². The van der Waals surface area contributed by atoms with Crippen LogP contribution in [0.5, 0.6) is 0 Å². The van der Waals surface area contributed by atoms with Crippen LogP contribution in [0.15, 0.2) is 24.3 Å². The highest BCUT2D eigenvalue weighted by atomic mass is 16.2. The van der Waals surface area contributed by atoms with Crippen LogP contribution >= 0.6 is 0 Å². The fourth-order valence-corrected chi connectivity index (χ4v) is 3.73. The number of fused-ring (bicyclic) bond motifs is 1. The molecule has 2 N–H and O–H groups in total. The molecule has 1 fully saturated rings. The molecule has 0 radical (unpaired) electrons. The third-order valence-electron chi connectivity index (χ3n) is 4.84. The first-order chi connectivity index (χ1) is 10.2. The molecule has 1 amide bonds. The Bertz CT molecular complexity index is 517. The molecule has 3 rings (SSSR count). The summed E-state index contributed by atoms with van der Waals surface area (Å²) in [5.74, 6) is 0.216. The largest absolute Gasteiger partial charge is 0.329 e. The Morgan fingerprint density at radius 2 is 2.14 bits per heavy atom. The Morgan fingerprint density at radius 1 is 1.33 bits per heavy atom. The van der Waals surface area contributed by atoms with E-state index in [0.717, 1.165) is 25.1 Å². The van der Waals surface area contributed by atoms with Crippen LogP contribution in [0.1, 0.15) is 31.7 Å². The average molecular weight is 287 g/mol. The van der Waals surface area contributed by atoms with Gasteiger partial charge in [-0.1, -0.05) is 24.6 Å². The molecule has 2 aliphatic heterocycles. The Labute approximate surface area is 126 Å². The lowest BCUT2D eigenvalue weighted by atomic mass is 10.0. The molecule has 1 aromatic rings. The van der Waals surface area contributed by atoms with Crippen LogP contribution in [0.2, 0.25) is 0 Å². The SMILES string of the molecule is CC1Cc2ccccc2N1C(=O)CN1CCCCC1CN. The molecule has 0 spiro atoms. The number of nitrogens with zero attached hydrogens (tertiary/aromatic N) is 2. The molecule has 21 heavy (non-hydrogen) atoms. The van der Waals surface area contributed by atoms with Crippen LogP contribution < -0.4 is 10.6 Å². The predicted octanol–water partition coefficient (Wildman–Crippen LogP) is 1.78. The van der Waals surface area contributed by atoms with Gasteiger partial charge in [-0.15, -0.1) is 0 Å². The second kappa shape index (κ2) is 6.16. The minimum atomic E-state index is 0.216. The van der Waals surface area contributed by atoms with Gasteiger partial charge >= 0.3 is 0 Å². The highest BCUT2D eigenvalue weighted by molar-refractivity contribution is 5.97. The average Bonchev–Trinajstić information content (AvgIpc) is 2.83. The highest BCUT2D eigenvalue weighted by Gasteiger charge is 2.32. The van der Waals surface area contributed by atoms with Gasteiger partial charge in [0.15, 0.2) is 0 Å². The maximum Gasteiger partial charge on any atom is 0.241 e. The van der Waals surface area contributed by atoms with E-state index < -0.39 is 0 Å². The van der Waals surface area contributed by atoms with Crippen molar-refractivity contribution in [3.63, 3.8) is 0 Å². The van der Waals surface area contributed by atoms with Crippen LogP contribution in [-0.4, -0.2) is 42.5 Å². The fraction of sp³-hybridized carbons (Fsp3) is 0.588. The smallest absolute Gasteiger partial charge is 0.241 e. The molecule has 2 heterocycles. The van der Waals surface area contributed by atoms with E-state index in [4.69, 9.17) is 5.73 Å². The van der Waals surface area contributed by atoms with Crippen LogP contribution in [0, 0.1) is 0 Å². The van der Waals surface area contributed by atoms with Crippen molar-refractivity contribution in [1.82, 2.24) is 4.90 Å². The standard InChI is InChI=1S/C17H25N3O/c1-13-10-14-6-2-3-8-16(14)20(13)17(21)12-19-9-5-4-7-15(19)11-18/h2-3,6,8,13,15H,4-5,7,9-12,18H2,1H3. The zero-order valence-corrected chi connectivity index (χ0v) is 12.8. The van der Waals surface area contributed by atoms with Gasteiger partial charge in [-0.2, -0.15) is 0 Å². The zero-order valence-electron chi connectivity index (χ0n) is 12.8. The van der Waals surface area contributed by atoms with Crippen molar-refractivity contribution in [2.75, 3.05) is 24.5 Å². The van der Waals surface area contributed by atoms with E-state index in [1.54, 1.807) is 0 Å². The molecule has 4 heteroatoms. The van der Waals surface area contributed by atoms with Crippen molar-refractivity contribution < 1.29 is 4.79 Å². The number of amides is 1. The van der Waals surface area contributed by atoms with Gasteiger partial charge in [0.25, 0.3) is 0 Å². The quantitative estimate of drug-likeness (QED) is 0.922. The maximum atomic E-state index is 12.8. The number of nitrogens with two attached hydrogens (primary N) is 1. The van der Waals surface area contributed by atoms with E-state index in [0.29, 0.717) is 19.1 Å². The highest BCUT2D eigenvalue weighted by Crippen LogP contribution is 2.32. The van der Waals surface area contributed by atoms with E-state index in [-0.39, 0.29) is 11.9 Å². The first-order valence-corrected chi connectivity index (χ1v) is 8.04. The van der Waals surface area contributed by atoms with Gasteiger partial charge in [-0.3, -0.25) is 9.69 Å². The minimum Gasteiger partial charge on any atom is -0.329 e. The van der Waals surface area contributed by atoms with Gasteiger partial charge in [0.2, 0.25) is 5.91 Å². The molecule has 2 aliphatic rings. The maximum absolute atomic E-state index is 12.8. The molecule has 0 aromatic heterocycles. The lowest BCUT2D eigenvalue weighted by Gasteiger charge is -2.36. The summed E-state index contributed by atoms with van der Waals surface area (Å²) in [7, 11) is 0. The molecular formula is C17H25N3O. The molecule has 2 atom stereocenters. The Morgan fingerprint density at radius 3 is 2.95 bits per heavy atom. The molecule has 4 nitrogen and oxygen atoms in total. The number of hydrogen-bond donors (Lipinski definition) is 1. The summed E-state index contributed by atoms with van der Waals surface area (Å²) in [6.07, 6.45) is 4.49. The Hall–Kier alpha value is -1.39. The normalized spacial score (nSPS) is 25.9. The van der Waals surface area contributed by atoms with E-state index in [1.165, 1.54) is 18.4 Å². The van der Waals surface area contributed by atoms with E-state index in [9.17, 15) is 4.79 Å². The first kappa shape index (κ1) is 14.5. The van der Waals surface area contributed by atoms with Crippen molar-refractivity contribution in [2.24, 2.45) is 5.73 Å². The molecule has 1 aromatic carbocycles. The third-order valence-corrected chi connectivity index (χ3v) is 4.84. The number of anilines is 1. The molecular weight excluding hydrogens is 262 g/mol. The second-order valence-electron chi connectivity index (χ2n) is 6.30. The van der Waals surface area contributed by atoms with Crippen molar-refractivity contribution in [2.45, 2.75) is 44.7 Å². The van der Waals surface area contributed by atoms with Crippen LogP contribution in [0.3, 0.4) is 0 Å². The van der Waals surface area contributed by atoms with E-state index in [1.807, 2.05) is 11.0 Å². The van der Waals surface area contributed by atoms with Crippen molar-refractivity contribution >= 4 is 11.6 Å². The molecule has 0 aliphatic carbocycles. The first-order valence-electron chi connectivity index (χ1n) is 8.04. The summed E-state index contributed by atoms with van der Waals surface area (Å²) >= 11 is 0. The summed E-state index contributed by atoms with van der Waals surface area (Å²) in [5.41, 5.74) is 8.24. The summed E-state index contributed by atoms with van der Waals surface area (Å²) < 4.78 is 0. The molecule has 114 valence electrons. The van der Waals surface area contributed by atoms with Crippen LogP contribution in [0.25, 0.3) is 0 Å². The van der Waals surface area contributed by atoms with Gasteiger partial charge < -0.3 is 10.6 Å². The topological polar surface area (TPSA) is 49.6 Å². The summed E-state index contributed by atoms with van der Waals surface area (Å²) in [5, 5.41) is 0. The lowest BCUT2D eigenvalue weighted by molar-refractivity contribution is -0.120. The number of rotatable bonds is 3. The van der Waals surface area contributed by atoms with Gasteiger partial charge in [0.1, 0.15) is 0 Å². The third kappa shape index (κ3) is 2.83. The Balaban J connectivity index is 1.73. The van der Waals surface area contributed by atoms with Gasteiger partial charge in [-0.05, 0) is 44.4 Å². The second-order valence-corrected chi connectivity index (χ2v) is 6.30. The van der Waals surface area contributed by atoms with Crippen LogP contribution in [-0.2, 0) is 11.2 Å². The molecule has 2 unspecified atom stereocenters. The number of carbonyl (C=O) groups excluding carboxylic acids is 1. The van der Waals surface area contributed by atoms with Gasteiger partial charge in [-0.25, -0.2) is 0 Å². The number of para-hydroxylation sites is 1. The number of piperidine rings is 1. The summed E-state index contributed by atoms with van der Waals surface area (Å²) in [6, 6.07) is 8.89. The predicted molar refractivity (Wildman–Crippen MR) is 85.4 cm³/mol. The number of benzene rings is 1.